The predicted molar refractivity (Wildman–Crippen MR) is 48.9 cm³/mol. The number of fused-ring (bicyclic) bond motifs is 1. The van der Waals surface area contributed by atoms with Gasteiger partial charge in [0.15, 0.2) is 0 Å². The molecule has 5 bridgehead atoms. The lowest BCUT2D eigenvalue weighted by Gasteiger charge is -2.88. The van der Waals surface area contributed by atoms with Gasteiger partial charge in [0.25, 0.3) is 0 Å². The fourth-order valence-electron chi connectivity index (χ4n) is 8.24. The lowest BCUT2D eigenvalue weighted by atomic mass is 9.16. The summed E-state index contributed by atoms with van der Waals surface area (Å²) in [4.78, 5) is 0. The first-order valence-electron chi connectivity index (χ1n) is 6.35. The molecule has 0 aromatic rings. The molecule has 68 valence electrons. The summed E-state index contributed by atoms with van der Waals surface area (Å²) in [6, 6.07) is 0. The second-order valence-corrected chi connectivity index (χ2v) is 7.33. The smallest absolute Gasteiger partial charge is 0.0191 e. The molecule has 0 saturated heterocycles. The molecular weight excluding hydrogens is 156 g/mol. The van der Waals surface area contributed by atoms with E-state index in [1.54, 1.807) is 32.1 Å². The first kappa shape index (κ1) is 5.78. The maximum atomic E-state index is 1.71. The zero-order valence-electron chi connectivity index (χ0n) is 8.00. The van der Waals surface area contributed by atoms with Gasteiger partial charge < -0.3 is 0 Å². The molecular formula is C13H16. The van der Waals surface area contributed by atoms with Crippen LogP contribution >= 0.6 is 0 Å². The van der Waals surface area contributed by atoms with Crippen LogP contribution in [0.3, 0.4) is 0 Å². The van der Waals surface area contributed by atoms with Crippen LogP contribution in [0, 0.1) is 46.3 Å². The molecule has 0 amide bonds. The van der Waals surface area contributed by atoms with Gasteiger partial charge in [-0.25, -0.2) is 0 Å². The zero-order chi connectivity index (χ0) is 8.00. The van der Waals surface area contributed by atoms with E-state index < -0.39 is 0 Å². The highest BCUT2D eigenvalue weighted by atomic mass is 14.9. The average molecular weight is 172 g/mol. The zero-order valence-corrected chi connectivity index (χ0v) is 8.00. The van der Waals surface area contributed by atoms with E-state index in [4.69, 9.17) is 0 Å². The van der Waals surface area contributed by atoms with Gasteiger partial charge in [-0.1, -0.05) is 0 Å². The van der Waals surface area contributed by atoms with Gasteiger partial charge in [0.1, 0.15) is 0 Å². The lowest BCUT2D eigenvalue weighted by Crippen LogP contribution is -2.82. The van der Waals surface area contributed by atoms with E-state index >= 15 is 0 Å². The molecule has 6 atom stereocenters. The molecule has 0 N–H and O–H groups in total. The maximum absolute atomic E-state index is 1.71. The van der Waals surface area contributed by atoms with E-state index in [0.717, 1.165) is 10.8 Å². The first-order chi connectivity index (χ1) is 6.35. The van der Waals surface area contributed by atoms with Crippen molar-refractivity contribution in [3.05, 3.63) is 0 Å². The fourth-order valence-corrected chi connectivity index (χ4v) is 8.24. The second-order valence-electron chi connectivity index (χ2n) is 7.33. The number of rotatable bonds is 0. The highest BCUT2D eigenvalue weighted by molar-refractivity contribution is 5.38. The van der Waals surface area contributed by atoms with Crippen LogP contribution in [0.25, 0.3) is 0 Å². The summed E-state index contributed by atoms with van der Waals surface area (Å²) in [6.45, 7) is 0. The van der Waals surface area contributed by atoms with Crippen molar-refractivity contribution >= 4 is 0 Å². The van der Waals surface area contributed by atoms with Crippen molar-refractivity contribution in [1.82, 2.24) is 0 Å². The Balaban J connectivity index is 1.73. The quantitative estimate of drug-likeness (QED) is 0.527. The normalized spacial score (nSPS) is 88.6. The maximum Gasteiger partial charge on any atom is -0.0191 e. The molecule has 0 aliphatic heterocycles. The molecule has 0 radical (unpaired) electrons. The molecule has 8 rings (SSSR count). The number of hydrogen-bond donors (Lipinski definition) is 0. The highest BCUT2D eigenvalue weighted by Gasteiger charge is 2.90. The summed E-state index contributed by atoms with van der Waals surface area (Å²) in [6.07, 6.45) is 8.44. The van der Waals surface area contributed by atoms with Crippen LogP contribution in [-0.4, -0.2) is 0 Å². The average Bonchev–Trinajstić information content (AvgIpc) is 2.47. The highest BCUT2D eigenvalue weighted by Crippen LogP contribution is 2.97. The largest absolute Gasteiger partial charge is 0.0467 e. The van der Waals surface area contributed by atoms with E-state index in [-0.39, 0.29) is 0 Å². The summed E-state index contributed by atoms with van der Waals surface area (Å²) in [5.74, 6) is 7.56. The molecule has 0 heteroatoms. The second kappa shape index (κ2) is 1.19. The minimum Gasteiger partial charge on any atom is -0.0467 e. The Morgan fingerprint density at radius 1 is 1.00 bits per heavy atom. The van der Waals surface area contributed by atoms with E-state index in [1.807, 2.05) is 0 Å². The molecule has 8 fully saturated rings. The van der Waals surface area contributed by atoms with Gasteiger partial charge >= 0.3 is 0 Å². The Morgan fingerprint density at radius 2 is 1.92 bits per heavy atom. The summed E-state index contributed by atoms with van der Waals surface area (Å²) in [7, 11) is 0. The summed E-state index contributed by atoms with van der Waals surface area (Å²) in [5.41, 5.74) is 2.00. The monoisotopic (exact) mass is 172 g/mol. The van der Waals surface area contributed by atoms with Crippen LogP contribution in [0.5, 0.6) is 0 Å². The molecule has 8 aliphatic rings. The Labute approximate surface area is 79.1 Å². The standard InChI is InChI=1S/C13H16/c1-6-2-9-8(1)10-7-3-12(4-7)5-13(9,10)11(6)12/h6-11H,1-5H2. The van der Waals surface area contributed by atoms with Gasteiger partial charge in [-0.15, -0.1) is 0 Å². The molecule has 6 unspecified atom stereocenters. The van der Waals surface area contributed by atoms with Gasteiger partial charge in [0.2, 0.25) is 0 Å². The lowest BCUT2D eigenvalue weighted by molar-refractivity contribution is -0.401. The summed E-state index contributed by atoms with van der Waals surface area (Å²) < 4.78 is 0. The van der Waals surface area contributed by atoms with Crippen molar-refractivity contribution in [2.75, 3.05) is 0 Å². The van der Waals surface area contributed by atoms with Gasteiger partial charge in [-0.3, -0.25) is 0 Å². The van der Waals surface area contributed by atoms with Crippen molar-refractivity contribution < 1.29 is 0 Å². The molecule has 2 spiro atoms. The SMILES string of the molecule is C1C2CC3C1C1C4CC5(C4)CC31C25. The molecule has 0 nitrogen and oxygen atoms in total. The molecule has 0 aromatic heterocycles. The molecule has 0 aromatic carbocycles. The molecule has 0 heterocycles. The Hall–Kier alpha value is 0. The van der Waals surface area contributed by atoms with Crippen LogP contribution in [0.2, 0.25) is 0 Å². The van der Waals surface area contributed by atoms with Crippen LogP contribution < -0.4 is 0 Å². The summed E-state index contributed by atoms with van der Waals surface area (Å²) >= 11 is 0. The van der Waals surface area contributed by atoms with E-state index in [1.165, 1.54) is 35.5 Å². The van der Waals surface area contributed by atoms with E-state index in [2.05, 4.69) is 0 Å². The van der Waals surface area contributed by atoms with Gasteiger partial charge in [-0.05, 0) is 78.4 Å². The molecule has 13 heavy (non-hydrogen) atoms. The Kier molecular flexibility index (Phi) is 0.527. The minimum absolute atomic E-state index is 0.978. The first-order valence-corrected chi connectivity index (χ1v) is 6.35. The molecule has 8 saturated carbocycles. The van der Waals surface area contributed by atoms with Crippen molar-refractivity contribution in [1.29, 1.82) is 0 Å². The van der Waals surface area contributed by atoms with E-state index in [0.29, 0.717) is 0 Å². The Bertz CT molecular complexity index is 349. The van der Waals surface area contributed by atoms with Gasteiger partial charge in [0.05, 0.1) is 0 Å². The van der Waals surface area contributed by atoms with Crippen LogP contribution in [-0.2, 0) is 0 Å². The molecule has 8 aliphatic carbocycles. The topological polar surface area (TPSA) is 0 Å². The summed E-state index contributed by atoms with van der Waals surface area (Å²) in [5, 5.41) is 0. The fraction of sp³-hybridized carbons (Fsp3) is 1.00. The third-order valence-corrected chi connectivity index (χ3v) is 7.63. The van der Waals surface area contributed by atoms with Gasteiger partial charge in [0, 0.05) is 0 Å². The van der Waals surface area contributed by atoms with Crippen molar-refractivity contribution in [3.63, 3.8) is 0 Å². The van der Waals surface area contributed by atoms with Gasteiger partial charge in [-0.2, -0.15) is 0 Å². The van der Waals surface area contributed by atoms with Crippen molar-refractivity contribution in [2.24, 2.45) is 46.3 Å². The minimum atomic E-state index is 0.978. The van der Waals surface area contributed by atoms with Crippen LogP contribution in [0.4, 0.5) is 0 Å². The third kappa shape index (κ3) is 0.293. The number of hydrogen-bond acceptors (Lipinski definition) is 0. The van der Waals surface area contributed by atoms with Crippen LogP contribution in [0.1, 0.15) is 32.1 Å². The van der Waals surface area contributed by atoms with Crippen LogP contribution in [0.15, 0.2) is 0 Å². The van der Waals surface area contributed by atoms with E-state index in [9.17, 15) is 0 Å². The Morgan fingerprint density at radius 3 is 2.77 bits per heavy atom. The third-order valence-electron chi connectivity index (χ3n) is 7.63. The predicted octanol–water partition coefficient (Wildman–Crippen LogP) is 2.69. The van der Waals surface area contributed by atoms with Crippen molar-refractivity contribution in [2.45, 2.75) is 32.1 Å². The van der Waals surface area contributed by atoms with Crippen molar-refractivity contribution in [3.8, 4) is 0 Å².